The summed E-state index contributed by atoms with van der Waals surface area (Å²) in [4.78, 5) is 13.7. The molecular formula is C15H17Cl2FN2O2. The van der Waals surface area contributed by atoms with Crippen LogP contribution in [0.5, 0.6) is 0 Å². The van der Waals surface area contributed by atoms with Crippen molar-refractivity contribution in [2.45, 2.75) is 31.0 Å². The summed E-state index contributed by atoms with van der Waals surface area (Å²) in [6.45, 7) is -0.322. The number of rotatable bonds is 2. The molecule has 2 N–H and O–H groups in total. The van der Waals surface area contributed by atoms with Crippen molar-refractivity contribution >= 4 is 29.2 Å². The first-order chi connectivity index (χ1) is 10.4. The number of nitrogens with one attached hydrogen (secondary N) is 1. The number of alkyl halides is 1. The van der Waals surface area contributed by atoms with Gasteiger partial charge in [-0.1, -0.05) is 29.3 Å². The van der Waals surface area contributed by atoms with Crippen LogP contribution >= 0.6 is 23.2 Å². The Balaban J connectivity index is 1.69. The largest absolute Gasteiger partial charge is 0.393 e. The van der Waals surface area contributed by atoms with Crippen molar-refractivity contribution in [1.29, 1.82) is 0 Å². The predicted octanol–water partition coefficient (Wildman–Crippen LogP) is 3.10. The summed E-state index contributed by atoms with van der Waals surface area (Å²) in [6.07, 6.45) is 1.67. The molecule has 120 valence electrons. The highest BCUT2D eigenvalue weighted by atomic mass is 35.5. The Labute approximate surface area is 138 Å². The van der Waals surface area contributed by atoms with Gasteiger partial charge < -0.3 is 15.3 Å². The van der Waals surface area contributed by atoms with Crippen LogP contribution in [0.15, 0.2) is 12.1 Å². The second-order valence-electron chi connectivity index (χ2n) is 5.95. The molecule has 0 spiro atoms. The first kappa shape index (κ1) is 15.8. The van der Waals surface area contributed by atoms with Crippen molar-refractivity contribution in [2.75, 3.05) is 19.7 Å². The lowest BCUT2D eigenvalue weighted by Gasteiger charge is -2.22. The molecule has 0 radical (unpaired) electrons. The lowest BCUT2D eigenvalue weighted by molar-refractivity contribution is 0.0804. The summed E-state index contributed by atoms with van der Waals surface area (Å²) in [6, 6.07) is 3.15. The van der Waals surface area contributed by atoms with Gasteiger partial charge >= 0.3 is 6.03 Å². The monoisotopic (exact) mass is 346 g/mol. The van der Waals surface area contributed by atoms with E-state index in [0.29, 0.717) is 16.6 Å². The first-order valence-electron chi connectivity index (χ1n) is 7.25. The topological polar surface area (TPSA) is 52.6 Å². The number of carbonyl (C=O) groups is 1. The fourth-order valence-corrected chi connectivity index (χ4v) is 3.60. The number of halogens is 3. The number of hydrogen-bond donors (Lipinski definition) is 2. The molecule has 1 aromatic carbocycles. The Morgan fingerprint density at radius 1 is 1.50 bits per heavy atom. The third kappa shape index (κ3) is 2.77. The van der Waals surface area contributed by atoms with Gasteiger partial charge in [0.05, 0.1) is 29.2 Å². The minimum Gasteiger partial charge on any atom is -0.393 e. The van der Waals surface area contributed by atoms with Gasteiger partial charge in [0.25, 0.3) is 0 Å². The van der Waals surface area contributed by atoms with Crippen LogP contribution in [0.2, 0.25) is 10.0 Å². The van der Waals surface area contributed by atoms with Crippen LogP contribution in [0.25, 0.3) is 0 Å². The normalized spacial score (nSPS) is 27.1. The van der Waals surface area contributed by atoms with Crippen LogP contribution < -0.4 is 5.32 Å². The van der Waals surface area contributed by atoms with Crippen LogP contribution in [-0.4, -0.2) is 41.4 Å². The SMILES string of the molecule is O=C(N[C@H]1CCc2c1ccc(Cl)c2Cl)N1CC[C@](F)(CO)C1. The van der Waals surface area contributed by atoms with Crippen molar-refractivity contribution in [3.63, 3.8) is 0 Å². The molecule has 1 aliphatic carbocycles. The highest BCUT2D eigenvalue weighted by Crippen LogP contribution is 2.39. The standard InChI is InChI=1S/C15H17Cl2FN2O2/c16-11-3-1-9-10(13(11)17)2-4-12(9)19-14(22)20-6-5-15(18,7-20)8-21/h1,3,12,21H,2,4-8H2,(H,19,22)/t12-,15+/m0/s1. The van der Waals surface area contributed by atoms with E-state index < -0.39 is 12.3 Å². The van der Waals surface area contributed by atoms with Crippen LogP contribution in [0.1, 0.15) is 30.0 Å². The maximum Gasteiger partial charge on any atom is 0.317 e. The molecule has 4 nitrogen and oxygen atoms in total. The zero-order valence-corrected chi connectivity index (χ0v) is 13.4. The molecule has 1 fully saturated rings. The van der Waals surface area contributed by atoms with Crippen LogP contribution in [0.3, 0.4) is 0 Å². The highest BCUT2D eigenvalue weighted by molar-refractivity contribution is 6.42. The average Bonchev–Trinajstić information content (AvgIpc) is 3.08. The van der Waals surface area contributed by atoms with Crippen LogP contribution in [-0.2, 0) is 6.42 Å². The minimum atomic E-state index is -1.68. The maximum atomic E-state index is 14.0. The second-order valence-corrected chi connectivity index (χ2v) is 6.74. The van der Waals surface area contributed by atoms with E-state index >= 15 is 0 Å². The van der Waals surface area contributed by atoms with E-state index in [4.69, 9.17) is 28.3 Å². The molecule has 1 saturated heterocycles. The number of aliphatic hydroxyl groups is 1. The molecule has 0 bridgehead atoms. The number of likely N-dealkylation sites (tertiary alicyclic amines) is 1. The number of hydrogen-bond acceptors (Lipinski definition) is 2. The average molecular weight is 347 g/mol. The van der Waals surface area contributed by atoms with Crippen molar-refractivity contribution in [3.05, 3.63) is 33.3 Å². The van der Waals surface area contributed by atoms with Gasteiger partial charge in [0.1, 0.15) is 0 Å². The van der Waals surface area contributed by atoms with E-state index in [1.807, 2.05) is 6.07 Å². The first-order valence-corrected chi connectivity index (χ1v) is 8.01. The molecule has 2 atom stereocenters. The summed E-state index contributed by atoms with van der Waals surface area (Å²) in [5.74, 6) is 0. The molecule has 2 aliphatic rings. The number of fused-ring (bicyclic) bond motifs is 1. The van der Waals surface area contributed by atoms with Gasteiger partial charge in [-0.2, -0.15) is 0 Å². The zero-order valence-electron chi connectivity index (χ0n) is 11.9. The van der Waals surface area contributed by atoms with Crippen molar-refractivity contribution < 1.29 is 14.3 Å². The smallest absolute Gasteiger partial charge is 0.317 e. The Morgan fingerprint density at radius 3 is 2.95 bits per heavy atom. The molecule has 0 saturated carbocycles. The van der Waals surface area contributed by atoms with Gasteiger partial charge in [0.2, 0.25) is 0 Å². The Hall–Kier alpha value is -1.04. The number of amides is 2. The highest BCUT2D eigenvalue weighted by Gasteiger charge is 2.40. The summed E-state index contributed by atoms with van der Waals surface area (Å²) in [5.41, 5.74) is 0.258. The van der Waals surface area contributed by atoms with E-state index in [0.717, 1.165) is 24.0 Å². The summed E-state index contributed by atoms with van der Waals surface area (Å²) in [5, 5.41) is 13.0. The number of urea groups is 1. The number of benzene rings is 1. The molecule has 7 heteroatoms. The van der Waals surface area contributed by atoms with Crippen molar-refractivity contribution in [3.8, 4) is 0 Å². The molecule has 3 rings (SSSR count). The third-order valence-corrected chi connectivity index (χ3v) is 5.31. The quantitative estimate of drug-likeness (QED) is 0.864. The lowest BCUT2D eigenvalue weighted by Crippen LogP contribution is -2.42. The van der Waals surface area contributed by atoms with E-state index in [9.17, 15) is 9.18 Å². The van der Waals surface area contributed by atoms with Crippen LogP contribution in [0, 0.1) is 0 Å². The lowest BCUT2D eigenvalue weighted by atomic mass is 10.1. The Kier molecular flexibility index (Phi) is 4.23. The fraction of sp³-hybridized carbons (Fsp3) is 0.533. The summed E-state index contributed by atoms with van der Waals surface area (Å²) < 4.78 is 14.0. The van der Waals surface area contributed by atoms with E-state index in [-0.39, 0.29) is 25.0 Å². The molecule has 22 heavy (non-hydrogen) atoms. The van der Waals surface area contributed by atoms with Gasteiger partial charge in [0.15, 0.2) is 5.67 Å². The van der Waals surface area contributed by atoms with E-state index in [1.165, 1.54) is 4.90 Å². The second kappa shape index (κ2) is 5.87. The molecule has 0 aromatic heterocycles. The van der Waals surface area contributed by atoms with E-state index in [1.54, 1.807) is 6.07 Å². The fourth-order valence-electron chi connectivity index (χ4n) is 3.16. The van der Waals surface area contributed by atoms with Gasteiger partial charge in [-0.05, 0) is 30.0 Å². The number of aliphatic hydroxyl groups excluding tert-OH is 1. The van der Waals surface area contributed by atoms with Gasteiger partial charge in [-0.3, -0.25) is 0 Å². The minimum absolute atomic E-state index is 0.0731. The molecule has 0 unspecified atom stereocenters. The van der Waals surface area contributed by atoms with Gasteiger partial charge in [0, 0.05) is 13.0 Å². The van der Waals surface area contributed by atoms with Crippen molar-refractivity contribution in [1.82, 2.24) is 10.2 Å². The van der Waals surface area contributed by atoms with E-state index in [2.05, 4.69) is 5.32 Å². The van der Waals surface area contributed by atoms with Crippen LogP contribution in [0.4, 0.5) is 9.18 Å². The molecule has 1 aliphatic heterocycles. The van der Waals surface area contributed by atoms with Crippen molar-refractivity contribution in [2.24, 2.45) is 0 Å². The number of nitrogens with zero attached hydrogens (tertiary/aromatic N) is 1. The summed E-state index contributed by atoms with van der Waals surface area (Å²) in [7, 11) is 0. The van der Waals surface area contributed by atoms with Gasteiger partial charge in [-0.25, -0.2) is 9.18 Å². The molecule has 1 heterocycles. The predicted molar refractivity (Wildman–Crippen MR) is 83.2 cm³/mol. The Bertz CT molecular complexity index is 613. The molecule has 1 aromatic rings. The molecular weight excluding hydrogens is 330 g/mol. The van der Waals surface area contributed by atoms with Gasteiger partial charge in [-0.15, -0.1) is 0 Å². The number of carbonyl (C=O) groups excluding carboxylic acids is 1. The zero-order chi connectivity index (χ0) is 15.9. The molecule has 2 amide bonds. The summed E-state index contributed by atoms with van der Waals surface area (Å²) >= 11 is 12.2. The third-order valence-electron chi connectivity index (χ3n) is 4.46. The maximum absolute atomic E-state index is 14.0. The Morgan fingerprint density at radius 2 is 2.27 bits per heavy atom.